The Morgan fingerprint density at radius 2 is 2.44 bits per heavy atom. The molecule has 0 aliphatic carbocycles. The summed E-state index contributed by atoms with van der Waals surface area (Å²) in [6.07, 6.45) is 2.04. The molecule has 2 fully saturated rings. The predicted octanol–water partition coefficient (Wildman–Crippen LogP) is -0.295. The molecule has 3 heterocycles. The highest BCUT2D eigenvalue weighted by Crippen LogP contribution is 2.38. The third-order valence-corrected chi connectivity index (χ3v) is 4.49. The van der Waals surface area contributed by atoms with E-state index < -0.39 is 0 Å². The Morgan fingerprint density at radius 1 is 1.56 bits per heavy atom. The van der Waals surface area contributed by atoms with Crippen molar-refractivity contribution < 1.29 is 5.11 Å². The van der Waals surface area contributed by atoms with Crippen LogP contribution in [0.5, 0.6) is 0 Å². The van der Waals surface area contributed by atoms with Gasteiger partial charge in [0.25, 0.3) is 0 Å². The zero-order valence-electron chi connectivity index (χ0n) is 11.0. The van der Waals surface area contributed by atoms with Crippen molar-refractivity contribution in [3.8, 4) is 0 Å². The minimum absolute atomic E-state index is 0.111. The number of likely N-dealkylation sites (tertiary alicyclic amines) is 1. The zero-order chi connectivity index (χ0) is 12.6. The van der Waals surface area contributed by atoms with Crippen LogP contribution in [0.25, 0.3) is 0 Å². The molecule has 5 nitrogen and oxygen atoms in total. The molecule has 100 valence electrons. The van der Waals surface area contributed by atoms with E-state index in [1.807, 2.05) is 23.9 Å². The van der Waals surface area contributed by atoms with Gasteiger partial charge in [-0.2, -0.15) is 5.10 Å². The number of aromatic nitrogens is 2. The number of aryl methyl sites for hydroxylation is 1. The van der Waals surface area contributed by atoms with E-state index in [-0.39, 0.29) is 5.41 Å². The Balaban J connectivity index is 1.56. The maximum absolute atomic E-state index is 9.65. The molecule has 2 saturated heterocycles. The molecular formula is C13H22N4O. The molecule has 5 heteroatoms. The Labute approximate surface area is 108 Å². The lowest BCUT2D eigenvalue weighted by Gasteiger charge is -2.25. The zero-order valence-corrected chi connectivity index (χ0v) is 11.0. The van der Waals surface area contributed by atoms with Crippen molar-refractivity contribution in [2.45, 2.75) is 13.5 Å². The van der Waals surface area contributed by atoms with Crippen LogP contribution in [-0.4, -0.2) is 59.1 Å². The number of aliphatic hydroxyl groups is 1. The van der Waals surface area contributed by atoms with Crippen molar-refractivity contribution in [1.29, 1.82) is 0 Å². The highest BCUT2D eigenvalue weighted by Gasteiger charge is 2.48. The van der Waals surface area contributed by atoms with Gasteiger partial charge in [0.2, 0.25) is 0 Å². The van der Waals surface area contributed by atoms with E-state index in [1.165, 1.54) is 0 Å². The maximum atomic E-state index is 9.65. The second kappa shape index (κ2) is 4.64. The second-order valence-electron chi connectivity index (χ2n) is 5.80. The normalized spacial score (nSPS) is 32.0. The first-order valence-corrected chi connectivity index (χ1v) is 6.76. The molecule has 0 amide bonds. The fraction of sp³-hybridized carbons (Fsp3) is 0.769. The van der Waals surface area contributed by atoms with E-state index in [0.29, 0.717) is 12.5 Å². The third kappa shape index (κ3) is 2.06. The molecule has 2 aliphatic heterocycles. The van der Waals surface area contributed by atoms with Crippen LogP contribution in [0.4, 0.5) is 0 Å². The van der Waals surface area contributed by atoms with E-state index in [0.717, 1.165) is 45.0 Å². The Kier molecular flexibility index (Phi) is 3.13. The maximum Gasteiger partial charge on any atom is 0.0593 e. The van der Waals surface area contributed by atoms with Gasteiger partial charge in [0.15, 0.2) is 0 Å². The largest absolute Gasteiger partial charge is 0.396 e. The van der Waals surface area contributed by atoms with Crippen LogP contribution in [-0.2, 0) is 6.54 Å². The molecule has 0 spiro atoms. The highest BCUT2D eigenvalue weighted by molar-refractivity contribution is 5.03. The van der Waals surface area contributed by atoms with Crippen LogP contribution in [0.1, 0.15) is 5.69 Å². The number of rotatable bonds is 4. The molecule has 1 aromatic heterocycles. The van der Waals surface area contributed by atoms with Gasteiger partial charge in [0.05, 0.1) is 18.8 Å². The summed E-state index contributed by atoms with van der Waals surface area (Å²) in [5.41, 5.74) is 1.18. The number of nitrogens with zero attached hydrogens (tertiary/aromatic N) is 3. The molecule has 3 rings (SSSR count). The summed E-state index contributed by atoms with van der Waals surface area (Å²) < 4.78 is 2.01. The topological polar surface area (TPSA) is 53.3 Å². The van der Waals surface area contributed by atoms with Crippen molar-refractivity contribution >= 4 is 0 Å². The minimum Gasteiger partial charge on any atom is -0.396 e. The van der Waals surface area contributed by atoms with Crippen LogP contribution in [0, 0.1) is 18.3 Å². The minimum atomic E-state index is 0.111. The van der Waals surface area contributed by atoms with Crippen molar-refractivity contribution in [3.05, 3.63) is 18.0 Å². The highest BCUT2D eigenvalue weighted by atomic mass is 16.3. The molecule has 2 N–H and O–H groups in total. The summed E-state index contributed by atoms with van der Waals surface area (Å²) in [5.74, 6) is 0.613. The summed E-state index contributed by atoms with van der Waals surface area (Å²) in [4.78, 5) is 2.47. The number of aliphatic hydroxyl groups excluding tert-OH is 1. The van der Waals surface area contributed by atoms with Gasteiger partial charge in [-0.3, -0.25) is 4.68 Å². The van der Waals surface area contributed by atoms with Crippen LogP contribution in [0.3, 0.4) is 0 Å². The summed E-state index contributed by atoms with van der Waals surface area (Å²) >= 11 is 0. The third-order valence-electron chi connectivity index (χ3n) is 4.49. The van der Waals surface area contributed by atoms with Gasteiger partial charge < -0.3 is 15.3 Å². The van der Waals surface area contributed by atoms with Crippen molar-refractivity contribution in [2.75, 3.05) is 39.3 Å². The van der Waals surface area contributed by atoms with Gasteiger partial charge in [-0.1, -0.05) is 0 Å². The summed E-state index contributed by atoms with van der Waals surface area (Å²) in [6.45, 7) is 8.43. The van der Waals surface area contributed by atoms with E-state index in [4.69, 9.17) is 0 Å². The molecule has 2 aliphatic rings. The first-order valence-electron chi connectivity index (χ1n) is 6.76. The van der Waals surface area contributed by atoms with E-state index in [9.17, 15) is 5.11 Å². The lowest BCUT2D eigenvalue weighted by Crippen LogP contribution is -2.36. The summed E-state index contributed by atoms with van der Waals surface area (Å²) in [5, 5.41) is 17.5. The SMILES string of the molecule is Cc1ccn(CCN2CC3CNCC3(CO)C2)n1. The first-order chi connectivity index (χ1) is 8.72. The first kappa shape index (κ1) is 12.1. The van der Waals surface area contributed by atoms with Crippen LogP contribution in [0.2, 0.25) is 0 Å². The average molecular weight is 250 g/mol. The molecule has 0 radical (unpaired) electrons. The van der Waals surface area contributed by atoms with Crippen molar-refractivity contribution in [1.82, 2.24) is 20.0 Å². The molecule has 1 aromatic rings. The van der Waals surface area contributed by atoms with Crippen molar-refractivity contribution in [2.24, 2.45) is 11.3 Å². The van der Waals surface area contributed by atoms with E-state index >= 15 is 0 Å². The molecule has 2 unspecified atom stereocenters. The molecule has 0 saturated carbocycles. The molecular weight excluding hydrogens is 228 g/mol. The Hall–Kier alpha value is -0.910. The fourth-order valence-electron chi connectivity index (χ4n) is 3.36. The van der Waals surface area contributed by atoms with Crippen LogP contribution >= 0.6 is 0 Å². The summed E-state index contributed by atoms with van der Waals surface area (Å²) in [6, 6.07) is 2.04. The average Bonchev–Trinajstić information content (AvgIpc) is 2.99. The van der Waals surface area contributed by atoms with E-state index in [2.05, 4.69) is 15.3 Å². The molecule has 0 aromatic carbocycles. The molecule has 0 bridgehead atoms. The summed E-state index contributed by atoms with van der Waals surface area (Å²) in [7, 11) is 0. The van der Waals surface area contributed by atoms with Gasteiger partial charge in [-0.25, -0.2) is 0 Å². The van der Waals surface area contributed by atoms with E-state index in [1.54, 1.807) is 0 Å². The van der Waals surface area contributed by atoms with Gasteiger partial charge in [-0.15, -0.1) is 0 Å². The lowest BCUT2D eigenvalue weighted by atomic mass is 9.82. The van der Waals surface area contributed by atoms with Crippen molar-refractivity contribution in [3.63, 3.8) is 0 Å². The van der Waals surface area contributed by atoms with Crippen LogP contribution < -0.4 is 5.32 Å². The number of fused-ring (bicyclic) bond motifs is 1. The monoisotopic (exact) mass is 250 g/mol. The van der Waals surface area contributed by atoms with Gasteiger partial charge >= 0.3 is 0 Å². The van der Waals surface area contributed by atoms with Gasteiger partial charge in [0, 0.05) is 37.8 Å². The van der Waals surface area contributed by atoms with Gasteiger partial charge in [0.1, 0.15) is 0 Å². The Bertz CT molecular complexity index is 419. The van der Waals surface area contributed by atoms with Crippen LogP contribution in [0.15, 0.2) is 12.3 Å². The quantitative estimate of drug-likeness (QED) is 0.771. The fourth-order valence-corrected chi connectivity index (χ4v) is 3.36. The smallest absolute Gasteiger partial charge is 0.0593 e. The second-order valence-corrected chi connectivity index (χ2v) is 5.80. The number of hydrogen-bond donors (Lipinski definition) is 2. The van der Waals surface area contributed by atoms with Gasteiger partial charge in [-0.05, 0) is 25.5 Å². The number of nitrogens with one attached hydrogen (secondary N) is 1. The number of hydrogen-bond acceptors (Lipinski definition) is 4. The standard InChI is InChI=1S/C13H22N4O/c1-11-2-3-17(15-11)5-4-16-7-12-6-14-8-13(12,9-16)10-18/h2-3,12,14,18H,4-10H2,1H3. The Morgan fingerprint density at radius 3 is 3.11 bits per heavy atom. The predicted molar refractivity (Wildman–Crippen MR) is 69.3 cm³/mol. The lowest BCUT2D eigenvalue weighted by molar-refractivity contribution is 0.124. The molecule has 18 heavy (non-hydrogen) atoms. The molecule has 2 atom stereocenters.